The maximum absolute atomic E-state index is 12.5. The van der Waals surface area contributed by atoms with Gasteiger partial charge >= 0.3 is 0 Å². The van der Waals surface area contributed by atoms with Crippen molar-refractivity contribution in [3.05, 3.63) is 24.3 Å². The molecule has 0 saturated heterocycles. The van der Waals surface area contributed by atoms with Gasteiger partial charge in [0.15, 0.2) is 6.10 Å². The molecule has 21 heavy (non-hydrogen) atoms. The van der Waals surface area contributed by atoms with Crippen LogP contribution in [0.4, 0.5) is 5.69 Å². The molecule has 3 rings (SSSR count). The molecule has 1 aromatic carbocycles. The largest absolute Gasteiger partial charge is 0.477 e. The molecule has 3 atom stereocenters. The van der Waals surface area contributed by atoms with Crippen LogP contribution in [-0.4, -0.2) is 36.1 Å². The number of amides is 1. The number of benzene rings is 1. The highest BCUT2D eigenvalue weighted by Gasteiger charge is 2.31. The Hall–Kier alpha value is -1.36. The third-order valence-electron chi connectivity index (χ3n) is 4.26. The summed E-state index contributed by atoms with van der Waals surface area (Å²) in [7, 11) is 0. The molecular weight excluding hydrogens is 284 g/mol. The van der Waals surface area contributed by atoms with E-state index >= 15 is 0 Å². The first kappa shape index (κ1) is 14.6. The molecule has 0 radical (unpaired) electrons. The number of hydrogen-bond donors (Lipinski definition) is 2. The van der Waals surface area contributed by atoms with Gasteiger partial charge in [0.25, 0.3) is 5.91 Å². The Morgan fingerprint density at radius 3 is 3.00 bits per heavy atom. The van der Waals surface area contributed by atoms with Crippen LogP contribution < -0.4 is 15.4 Å². The van der Waals surface area contributed by atoms with Crippen LogP contribution in [0.25, 0.3) is 0 Å². The molecule has 0 aromatic heterocycles. The van der Waals surface area contributed by atoms with Crippen LogP contribution in [0.5, 0.6) is 5.75 Å². The minimum Gasteiger partial charge on any atom is -0.477 e. The zero-order valence-corrected chi connectivity index (χ0v) is 13.1. The quantitative estimate of drug-likeness (QED) is 0.901. The average Bonchev–Trinajstić information content (AvgIpc) is 2.55. The van der Waals surface area contributed by atoms with Crippen molar-refractivity contribution >= 4 is 23.4 Å². The number of carbonyl (C=O) groups is 1. The second-order valence-corrected chi connectivity index (χ2v) is 6.73. The van der Waals surface area contributed by atoms with Crippen molar-refractivity contribution in [2.24, 2.45) is 0 Å². The minimum atomic E-state index is -0.440. The number of para-hydroxylation sites is 2. The average molecular weight is 306 g/mol. The number of fused-ring (bicyclic) bond motifs is 1. The number of ether oxygens (including phenoxy) is 1. The molecule has 1 aliphatic heterocycles. The van der Waals surface area contributed by atoms with Crippen LogP contribution in [0.15, 0.2) is 24.3 Å². The summed E-state index contributed by atoms with van der Waals surface area (Å²) < 4.78 is 5.82. The lowest BCUT2D eigenvalue weighted by molar-refractivity contribution is -0.128. The molecule has 0 spiro atoms. The number of rotatable bonds is 3. The highest BCUT2D eigenvalue weighted by Crippen LogP contribution is 2.29. The number of carbonyl (C=O) groups excluding carboxylic acids is 1. The SMILES string of the molecule is CSC1CCCCC1NC(=O)C1CNc2ccccc2O1. The van der Waals surface area contributed by atoms with Gasteiger partial charge in [-0.05, 0) is 31.2 Å². The third kappa shape index (κ3) is 3.28. The fourth-order valence-electron chi connectivity index (χ4n) is 3.08. The van der Waals surface area contributed by atoms with Crippen LogP contribution in [0.1, 0.15) is 25.7 Å². The summed E-state index contributed by atoms with van der Waals surface area (Å²) in [4.78, 5) is 12.5. The molecule has 4 nitrogen and oxygen atoms in total. The molecule has 1 fully saturated rings. The van der Waals surface area contributed by atoms with E-state index in [0.29, 0.717) is 11.8 Å². The van der Waals surface area contributed by atoms with E-state index in [0.717, 1.165) is 17.9 Å². The van der Waals surface area contributed by atoms with Crippen LogP contribution >= 0.6 is 11.8 Å². The first-order valence-electron chi connectivity index (χ1n) is 7.60. The minimum absolute atomic E-state index is 0.00273. The van der Waals surface area contributed by atoms with Gasteiger partial charge in [-0.25, -0.2) is 0 Å². The maximum Gasteiger partial charge on any atom is 0.263 e. The van der Waals surface area contributed by atoms with E-state index in [-0.39, 0.29) is 11.9 Å². The monoisotopic (exact) mass is 306 g/mol. The molecule has 2 N–H and O–H groups in total. The van der Waals surface area contributed by atoms with E-state index in [1.165, 1.54) is 19.3 Å². The van der Waals surface area contributed by atoms with Crippen molar-refractivity contribution in [2.45, 2.75) is 43.1 Å². The first-order valence-corrected chi connectivity index (χ1v) is 8.89. The fourth-order valence-corrected chi connectivity index (χ4v) is 4.01. The second-order valence-electron chi connectivity index (χ2n) is 5.66. The van der Waals surface area contributed by atoms with E-state index in [2.05, 4.69) is 16.9 Å². The van der Waals surface area contributed by atoms with E-state index in [1.54, 1.807) is 0 Å². The Bertz CT molecular complexity index is 509. The van der Waals surface area contributed by atoms with Gasteiger partial charge in [0, 0.05) is 11.3 Å². The lowest BCUT2D eigenvalue weighted by Gasteiger charge is -2.33. The number of hydrogen-bond acceptors (Lipinski definition) is 4. The summed E-state index contributed by atoms with van der Waals surface area (Å²) in [5.74, 6) is 0.761. The molecular formula is C16H22N2O2S. The molecule has 114 valence electrons. The van der Waals surface area contributed by atoms with Gasteiger partial charge in [-0.15, -0.1) is 0 Å². The van der Waals surface area contributed by atoms with Gasteiger partial charge in [0.05, 0.1) is 12.2 Å². The second kappa shape index (κ2) is 6.60. The maximum atomic E-state index is 12.5. The van der Waals surface area contributed by atoms with E-state index in [4.69, 9.17) is 4.74 Å². The molecule has 2 aliphatic rings. The summed E-state index contributed by atoms with van der Waals surface area (Å²) in [6.07, 6.45) is 6.43. The van der Waals surface area contributed by atoms with E-state index in [9.17, 15) is 4.79 Å². The number of thioether (sulfide) groups is 1. The summed E-state index contributed by atoms with van der Waals surface area (Å²) in [6.45, 7) is 0.527. The standard InChI is InChI=1S/C16H22N2O2S/c1-21-15-9-5-3-7-12(15)18-16(19)14-10-17-11-6-2-4-8-13(11)20-14/h2,4,6,8,12,14-15,17H,3,5,7,9-10H2,1H3,(H,18,19). The van der Waals surface area contributed by atoms with Gasteiger partial charge in [-0.1, -0.05) is 25.0 Å². The topological polar surface area (TPSA) is 50.4 Å². The predicted molar refractivity (Wildman–Crippen MR) is 87.0 cm³/mol. The molecule has 1 saturated carbocycles. The molecule has 1 aliphatic carbocycles. The first-order chi connectivity index (χ1) is 10.3. The zero-order valence-electron chi connectivity index (χ0n) is 12.3. The normalized spacial score (nSPS) is 28.0. The van der Waals surface area contributed by atoms with Crippen LogP contribution in [-0.2, 0) is 4.79 Å². The van der Waals surface area contributed by atoms with Crippen LogP contribution in [0, 0.1) is 0 Å². The van der Waals surface area contributed by atoms with E-state index < -0.39 is 6.10 Å². The molecule has 3 unspecified atom stereocenters. The van der Waals surface area contributed by atoms with Crippen molar-refractivity contribution in [3.8, 4) is 5.75 Å². The molecule has 0 bridgehead atoms. The smallest absolute Gasteiger partial charge is 0.263 e. The van der Waals surface area contributed by atoms with Gasteiger partial charge in [0.2, 0.25) is 0 Å². The molecule has 1 amide bonds. The number of anilines is 1. The molecule has 1 aromatic rings. The molecule has 1 heterocycles. The Morgan fingerprint density at radius 2 is 2.14 bits per heavy atom. The fraction of sp³-hybridized carbons (Fsp3) is 0.562. The lowest BCUT2D eigenvalue weighted by atomic mass is 9.94. The van der Waals surface area contributed by atoms with Crippen molar-refractivity contribution in [2.75, 3.05) is 18.1 Å². The summed E-state index contributed by atoms with van der Waals surface area (Å²) in [6, 6.07) is 8.02. The van der Waals surface area contributed by atoms with Crippen molar-refractivity contribution in [1.29, 1.82) is 0 Å². The van der Waals surface area contributed by atoms with Crippen molar-refractivity contribution in [3.63, 3.8) is 0 Å². The Balaban J connectivity index is 1.61. The highest BCUT2D eigenvalue weighted by atomic mass is 32.2. The van der Waals surface area contributed by atoms with Gasteiger partial charge in [0.1, 0.15) is 5.75 Å². The van der Waals surface area contributed by atoms with Gasteiger partial charge in [-0.3, -0.25) is 4.79 Å². The third-order valence-corrected chi connectivity index (χ3v) is 5.43. The van der Waals surface area contributed by atoms with Crippen LogP contribution in [0.2, 0.25) is 0 Å². The Morgan fingerprint density at radius 1 is 1.33 bits per heavy atom. The van der Waals surface area contributed by atoms with Crippen LogP contribution in [0.3, 0.4) is 0 Å². The summed E-state index contributed by atoms with van der Waals surface area (Å²) >= 11 is 1.86. The predicted octanol–water partition coefficient (Wildman–Crippen LogP) is 2.65. The summed E-state index contributed by atoms with van der Waals surface area (Å²) in [5.41, 5.74) is 0.959. The zero-order chi connectivity index (χ0) is 14.7. The van der Waals surface area contributed by atoms with Crippen molar-refractivity contribution in [1.82, 2.24) is 5.32 Å². The Kier molecular flexibility index (Phi) is 4.58. The summed E-state index contributed by atoms with van der Waals surface area (Å²) in [5, 5.41) is 6.99. The highest BCUT2D eigenvalue weighted by molar-refractivity contribution is 7.99. The van der Waals surface area contributed by atoms with Gasteiger partial charge in [-0.2, -0.15) is 11.8 Å². The van der Waals surface area contributed by atoms with E-state index in [1.807, 2.05) is 36.0 Å². The lowest BCUT2D eigenvalue weighted by Crippen LogP contribution is -2.51. The Labute approximate surface area is 130 Å². The van der Waals surface area contributed by atoms with Crippen molar-refractivity contribution < 1.29 is 9.53 Å². The molecule has 5 heteroatoms. The van der Waals surface area contributed by atoms with Gasteiger partial charge < -0.3 is 15.4 Å². The number of nitrogens with one attached hydrogen (secondary N) is 2.